The maximum atomic E-state index is 13.5. The number of piperidine rings is 1. The third-order valence-corrected chi connectivity index (χ3v) is 8.32. The van der Waals surface area contributed by atoms with Crippen LogP contribution in [0.2, 0.25) is 0 Å². The molecule has 0 aliphatic carbocycles. The largest absolute Gasteiger partial charge is 0.354 e. The number of nitrogens with one attached hydrogen (secondary N) is 1. The van der Waals surface area contributed by atoms with E-state index in [1.165, 1.54) is 34.6 Å². The van der Waals surface area contributed by atoms with Gasteiger partial charge < -0.3 is 19.4 Å². The molecule has 3 aromatic heterocycles. The van der Waals surface area contributed by atoms with E-state index in [9.17, 15) is 4.79 Å². The minimum absolute atomic E-state index is 0.0687. The lowest BCUT2D eigenvalue weighted by Crippen LogP contribution is -2.41. The Balaban J connectivity index is 1.14. The molecule has 1 fully saturated rings. The number of carbonyl (C=O) groups excluding carboxylic acids is 1. The molecule has 1 amide bonds. The molecule has 2 aliphatic rings. The van der Waals surface area contributed by atoms with Crippen LogP contribution >= 0.6 is 0 Å². The van der Waals surface area contributed by atoms with E-state index in [4.69, 9.17) is 4.98 Å². The van der Waals surface area contributed by atoms with Crippen LogP contribution in [0, 0.1) is 5.92 Å². The van der Waals surface area contributed by atoms with Crippen LogP contribution in [0.25, 0.3) is 33.0 Å². The van der Waals surface area contributed by atoms with Crippen LogP contribution in [0.1, 0.15) is 44.9 Å². The first-order chi connectivity index (χ1) is 18.7. The summed E-state index contributed by atoms with van der Waals surface area (Å²) >= 11 is 0. The molecular weight excluding hydrogens is 474 g/mol. The molecule has 8 nitrogen and oxygen atoms in total. The minimum atomic E-state index is -0.109. The molecule has 7 rings (SSSR count). The number of hydrogen-bond donors (Lipinski definition) is 1. The number of imidazole rings is 1. The van der Waals surface area contributed by atoms with Crippen molar-refractivity contribution in [2.75, 3.05) is 23.3 Å². The zero-order chi connectivity index (χ0) is 25.6. The van der Waals surface area contributed by atoms with Gasteiger partial charge in [0.1, 0.15) is 12.2 Å². The SMILES string of the molecule is CCn1c2ccccc2c2cc(NC(=O)[C@@H]3CCCN(c4ncnc5c4nc4n5CCCCC4)C3)ccc21. The summed E-state index contributed by atoms with van der Waals surface area (Å²) in [5, 5.41) is 5.62. The van der Waals surface area contributed by atoms with Crippen LogP contribution in [0.5, 0.6) is 0 Å². The number of aromatic nitrogens is 5. The van der Waals surface area contributed by atoms with Gasteiger partial charge in [0.2, 0.25) is 5.91 Å². The second-order valence-corrected chi connectivity index (χ2v) is 10.6. The normalized spacial score (nSPS) is 18.1. The van der Waals surface area contributed by atoms with Gasteiger partial charge in [-0.3, -0.25) is 4.79 Å². The highest BCUT2D eigenvalue weighted by Gasteiger charge is 2.29. The molecule has 8 heteroatoms. The number of rotatable bonds is 4. The Bertz CT molecular complexity index is 1670. The van der Waals surface area contributed by atoms with E-state index in [0.717, 1.165) is 73.8 Å². The molecule has 1 atom stereocenters. The molecule has 0 spiro atoms. The molecule has 0 radical (unpaired) electrons. The molecule has 38 heavy (non-hydrogen) atoms. The van der Waals surface area contributed by atoms with Crippen molar-refractivity contribution in [1.82, 2.24) is 24.1 Å². The smallest absolute Gasteiger partial charge is 0.229 e. The van der Waals surface area contributed by atoms with Crippen molar-refractivity contribution < 1.29 is 4.79 Å². The monoisotopic (exact) mass is 507 g/mol. The average Bonchev–Trinajstić information content (AvgIpc) is 3.37. The number of hydrogen-bond acceptors (Lipinski definition) is 5. The summed E-state index contributed by atoms with van der Waals surface area (Å²) < 4.78 is 4.60. The van der Waals surface area contributed by atoms with Gasteiger partial charge in [-0.25, -0.2) is 15.0 Å². The van der Waals surface area contributed by atoms with E-state index in [1.54, 1.807) is 6.33 Å². The predicted octanol–water partition coefficient (Wildman–Crippen LogP) is 5.54. The molecule has 194 valence electrons. The van der Waals surface area contributed by atoms with Gasteiger partial charge in [0.25, 0.3) is 0 Å². The molecule has 0 unspecified atom stereocenters. The van der Waals surface area contributed by atoms with Crippen LogP contribution in [-0.4, -0.2) is 43.1 Å². The van der Waals surface area contributed by atoms with Crippen molar-refractivity contribution in [3.63, 3.8) is 0 Å². The second kappa shape index (κ2) is 9.42. The Morgan fingerprint density at radius 1 is 1.00 bits per heavy atom. The number of carbonyl (C=O) groups is 1. The van der Waals surface area contributed by atoms with Gasteiger partial charge in [-0.15, -0.1) is 0 Å². The fraction of sp³-hybridized carbons (Fsp3) is 0.400. The first-order valence-electron chi connectivity index (χ1n) is 14.0. The van der Waals surface area contributed by atoms with Gasteiger partial charge >= 0.3 is 0 Å². The highest BCUT2D eigenvalue weighted by molar-refractivity contribution is 6.10. The average molecular weight is 508 g/mol. The fourth-order valence-corrected chi connectivity index (χ4v) is 6.46. The number of amides is 1. The van der Waals surface area contributed by atoms with E-state index in [-0.39, 0.29) is 11.8 Å². The summed E-state index contributed by atoms with van der Waals surface area (Å²) in [7, 11) is 0. The van der Waals surface area contributed by atoms with Crippen LogP contribution in [0.4, 0.5) is 11.5 Å². The lowest BCUT2D eigenvalue weighted by molar-refractivity contribution is -0.120. The van der Waals surface area contributed by atoms with Gasteiger partial charge in [-0.05, 0) is 56.9 Å². The Morgan fingerprint density at radius 2 is 1.89 bits per heavy atom. The van der Waals surface area contributed by atoms with E-state index in [1.807, 2.05) is 6.07 Å². The van der Waals surface area contributed by atoms with E-state index >= 15 is 0 Å². The number of nitrogens with zero attached hydrogens (tertiary/aromatic N) is 6. The Morgan fingerprint density at radius 3 is 2.82 bits per heavy atom. The third kappa shape index (κ3) is 3.81. The molecule has 2 aromatic carbocycles. The van der Waals surface area contributed by atoms with Crippen molar-refractivity contribution in [2.24, 2.45) is 5.92 Å². The number of benzene rings is 2. The van der Waals surface area contributed by atoms with E-state index < -0.39 is 0 Å². The number of anilines is 2. The van der Waals surface area contributed by atoms with Crippen LogP contribution in [-0.2, 0) is 24.3 Å². The maximum Gasteiger partial charge on any atom is 0.229 e. The zero-order valence-electron chi connectivity index (χ0n) is 21.9. The molecule has 2 aliphatic heterocycles. The fourth-order valence-electron chi connectivity index (χ4n) is 6.46. The molecule has 0 saturated carbocycles. The first-order valence-corrected chi connectivity index (χ1v) is 14.0. The lowest BCUT2D eigenvalue weighted by Gasteiger charge is -2.32. The number of para-hydroxylation sites is 1. The second-order valence-electron chi connectivity index (χ2n) is 10.6. The molecule has 0 bridgehead atoms. The first kappa shape index (κ1) is 23.2. The third-order valence-electron chi connectivity index (χ3n) is 8.32. The van der Waals surface area contributed by atoms with Gasteiger partial charge in [0.05, 0.1) is 5.92 Å². The molecule has 1 N–H and O–H groups in total. The molecule has 5 aromatic rings. The zero-order valence-corrected chi connectivity index (χ0v) is 21.9. The van der Waals surface area contributed by atoms with Crippen molar-refractivity contribution >= 4 is 50.4 Å². The van der Waals surface area contributed by atoms with Gasteiger partial charge in [0.15, 0.2) is 17.0 Å². The van der Waals surface area contributed by atoms with Crippen molar-refractivity contribution in [3.8, 4) is 0 Å². The van der Waals surface area contributed by atoms with Crippen LogP contribution in [0.3, 0.4) is 0 Å². The van der Waals surface area contributed by atoms with Gasteiger partial charge in [-0.1, -0.05) is 24.6 Å². The maximum absolute atomic E-state index is 13.5. The topological polar surface area (TPSA) is 80.9 Å². The van der Waals surface area contributed by atoms with Crippen molar-refractivity contribution in [3.05, 3.63) is 54.6 Å². The summed E-state index contributed by atoms with van der Waals surface area (Å²) in [5.74, 6) is 1.94. The highest BCUT2D eigenvalue weighted by Crippen LogP contribution is 2.32. The Labute approximate surface area is 221 Å². The Kier molecular flexibility index (Phi) is 5.75. The van der Waals surface area contributed by atoms with Gasteiger partial charge in [0, 0.05) is 60.1 Å². The van der Waals surface area contributed by atoms with Crippen LogP contribution in [0.15, 0.2) is 48.8 Å². The molecular formula is C30H33N7O. The summed E-state index contributed by atoms with van der Waals surface area (Å²) in [6.07, 6.45) is 8.02. The number of fused-ring (bicyclic) bond motifs is 6. The standard InChI is InChI=1S/C30H33N7O/c1-2-36-24-11-6-5-10-22(24)23-17-21(13-14-25(23)36)33-30(38)20-9-8-15-35(18-20)28-27-29(32-19-31-28)37-16-7-3-4-12-26(37)34-27/h5-6,10-11,13-14,17,19-20H,2-4,7-9,12,15-16,18H2,1H3,(H,33,38)/t20-/m1/s1. The van der Waals surface area contributed by atoms with E-state index in [0.29, 0.717) is 6.54 Å². The number of aryl methyl sites for hydroxylation is 3. The molecule has 1 saturated heterocycles. The Hall–Kier alpha value is -3.94. The van der Waals surface area contributed by atoms with Crippen LogP contribution < -0.4 is 10.2 Å². The minimum Gasteiger partial charge on any atom is -0.354 e. The van der Waals surface area contributed by atoms with Crippen molar-refractivity contribution in [1.29, 1.82) is 0 Å². The molecule has 5 heterocycles. The predicted molar refractivity (Wildman–Crippen MR) is 152 cm³/mol. The summed E-state index contributed by atoms with van der Waals surface area (Å²) in [6.45, 7) is 5.55. The van der Waals surface area contributed by atoms with Crippen molar-refractivity contribution in [2.45, 2.75) is 58.5 Å². The summed E-state index contributed by atoms with van der Waals surface area (Å²) in [4.78, 5) is 29.9. The summed E-state index contributed by atoms with van der Waals surface area (Å²) in [6, 6.07) is 14.7. The lowest BCUT2D eigenvalue weighted by atomic mass is 9.97. The quantitative estimate of drug-likeness (QED) is 0.346. The van der Waals surface area contributed by atoms with E-state index in [2.05, 4.69) is 72.6 Å². The summed E-state index contributed by atoms with van der Waals surface area (Å²) in [5.41, 5.74) is 5.08. The highest BCUT2D eigenvalue weighted by atomic mass is 16.1. The van der Waals surface area contributed by atoms with Gasteiger partial charge in [-0.2, -0.15) is 0 Å².